The first-order chi connectivity index (χ1) is 28.1. The van der Waals surface area contributed by atoms with Crippen LogP contribution in [0, 0.1) is 17.6 Å². The number of hydrogen-bond acceptors (Lipinski definition) is 1. The fourth-order valence-electron chi connectivity index (χ4n) is 10.3. The summed E-state index contributed by atoms with van der Waals surface area (Å²) in [6.45, 7) is 2.26. The molecule has 272 valence electrons. The molecule has 1 spiro atoms. The van der Waals surface area contributed by atoms with Gasteiger partial charge in [0.25, 0.3) is 0 Å². The summed E-state index contributed by atoms with van der Waals surface area (Å²) in [6, 6.07) is 61.6. The molecule has 57 heavy (non-hydrogen) atoms. The van der Waals surface area contributed by atoms with Gasteiger partial charge in [-0.05, 0) is 109 Å². The van der Waals surface area contributed by atoms with Gasteiger partial charge >= 0.3 is 0 Å². The highest BCUT2D eigenvalue weighted by Crippen LogP contribution is 2.68. The lowest BCUT2D eigenvalue weighted by molar-refractivity contribution is 0.514. The number of para-hydroxylation sites is 1. The van der Waals surface area contributed by atoms with E-state index in [0.29, 0.717) is 11.1 Å². The normalized spacial score (nSPS) is 18.7. The lowest BCUT2D eigenvalue weighted by Crippen LogP contribution is -2.35. The van der Waals surface area contributed by atoms with Crippen LogP contribution in [-0.4, -0.2) is 0 Å². The van der Waals surface area contributed by atoms with Gasteiger partial charge in [0.1, 0.15) is 11.6 Å². The van der Waals surface area contributed by atoms with Gasteiger partial charge in [-0.3, -0.25) is 0 Å². The second-order valence-electron chi connectivity index (χ2n) is 15.4. The second kappa shape index (κ2) is 12.9. The third-order valence-electron chi connectivity index (χ3n) is 12.5. The van der Waals surface area contributed by atoms with E-state index in [1.807, 2.05) is 36.4 Å². The number of allylic oxidation sites excluding steroid dienone is 4. The number of anilines is 3. The lowest BCUT2D eigenvalue weighted by Gasteiger charge is -2.41. The molecule has 0 amide bonds. The van der Waals surface area contributed by atoms with Crippen LogP contribution in [0.5, 0.6) is 0 Å². The molecule has 3 atom stereocenters. The Morgan fingerprint density at radius 1 is 0.509 bits per heavy atom. The smallest absolute Gasteiger partial charge is 0.128 e. The minimum Gasteiger partial charge on any atom is -0.310 e. The molecule has 0 fully saturated rings. The molecule has 8 aromatic carbocycles. The number of hydrogen-bond donors (Lipinski definition) is 0. The summed E-state index contributed by atoms with van der Waals surface area (Å²) in [5.74, 6) is -0.944. The molecule has 0 bridgehead atoms. The molecular formula is C54H37F2N. The predicted octanol–water partition coefficient (Wildman–Crippen LogP) is 14.3. The van der Waals surface area contributed by atoms with E-state index in [9.17, 15) is 0 Å². The van der Waals surface area contributed by atoms with E-state index in [1.165, 1.54) is 0 Å². The molecule has 0 saturated heterocycles. The Kier molecular flexibility index (Phi) is 7.56. The van der Waals surface area contributed by atoms with Crippen LogP contribution in [-0.2, 0) is 5.41 Å². The maximum Gasteiger partial charge on any atom is 0.128 e. The van der Waals surface area contributed by atoms with Crippen molar-refractivity contribution in [3.8, 4) is 22.3 Å². The number of fused-ring (bicyclic) bond motifs is 10. The number of nitrogens with zero attached hydrogens (tertiary/aromatic N) is 1. The van der Waals surface area contributed by atoms with Gasteiger partial charge in [0, 0.05) is 28.4 Å². The topological polar surface area (TPSA) is 3.24 Å². The Hall–Kier alpha value is -6.84. The second-order valence-corrected chi connectivity index (χ2v) is 15.4. The highest BCUT2D eigenvalue weighted by molar-refractivity contribution is 6.01. The van der Waals surface area contributed by atoms with Crippen LogP contribution in [0.2, 0.25) is 0 Å². The summed E-state index contributed by atoms with van der Waals surface area (Å²) in [7, 11) is 0. The third kappa shape index (κ3) is 4.79. The van der Waals surface area contributed by atoms with E-state index >= 15 is 8.78 Å². The van der Waals surface area contributed by atoms with Crippen LogP contribution in [0.1, 0.15) is 40.7 Å². The molecular weight excluding hydrogens is 701 g/mol. The number of rotatable bonds is 5. The maximum absolute atomic E-state index is 17.1. The first-order valence-electron chi connectivity index (χ1n) is 19.7. The molecule has 0 saturated carbocycles. The van der Waals surface area contributed by atoms with Crippen LogP contribution in [0.25, 0.3) is 38.6 Å². The van der Waals surface area contributed by atoms with E-state index in [0.717, 1.165) is 77.9 Å². The van der Waals surface area contributed by atoms with Crippen molar-refractivity contribution in [1.29, 1.82) is 0 Å². The van der Waals surface area contributed by atoms with Gasteiger partial charge in [-0.2, -0.15) is 0 Å². The zero-order chi connectivity index (χ0) is 38.3. The van der Waals surface area contributed by atoms with E-state index in [2.05, 4.69) is 145 Å². The van der Waals surface area contributed by atoms with Gasteiger partial charge in [0.05, 0.1) is 11.1 Å². The van der Waals surface area contributed by atoms with Crippen molar-refractivity contribution in [1.82, 2.24) is 0 Å². The van der Waals surface area contributed by atoms with Gasteiger partial charge in [-0.25, -0.2) is 8.78 Å². The van der Waals surface area contributed by atoms with Gasteiger partial charge < -0.3 is 4.90 Å². The number of halogens is 2. The Morgan fingerprint density at radius 2 is 1.11 bits per heavy atom. The highest BCUT2D eigenvalue weighted by Gasteiger charge is 2.58. The predicted molar refractivity (Wildman–Crippen MR) is 230 cm³/mol. The van der Waals surface area contributed by atoms with Gasteiger partial charge in [-0.15, -0.1) is 0 Å². The Balaban J connectivity index is 1.23. The molecule has 3 unspecified atom stereocenters. The number of benzene rings is 8. The SMILES string of the molecule is CC1C=CC2=C(C1c1c(N(c3ccccc3)c3ccc(-c4ccccc4)cc3)ccc3ccccc13)C1(c3ccccc3-c3cccc(F)c31)c1c(F)cccc12. The van der Waals surface area contributed by atoms with Crippen molar-refractivity contribution in [2.45, 2.75) is 18.3 Å². The van der Waals surface area contributed by atoms with E-state index in [1.54, 1.807) is 24.3 Å². The molecule has 3 aliphatic carbocycles. The molecule has 0 N–H and O–H groups in total. The van der Waals surface area contributed by atoms with E-state index in [4.69, 9.17) is 0 Å². The Morgan fingerprint density at radius 3 is 1.88 bits per heavy atom. The van der Waals surface area contributed by atoms with Crippen molar-refractivity contribution >= 4 is 33.4 Å². The monoisotopic (exact) mass is 737 g/mol. The van der Waals surface area contributed by atoms with Crippen molar-refractivity contribution in [2.24, 2.45) is 5.92 Å². The first kappa shape index (κ1) is 33.5. The summed E-state index contributed by atoms with van der Waals surface area (Å²) < 4.78 is 34.1. The summed E-state index contributed by atoms with van der Waals surface area (Å²) in [6.07, 6.45) is 4.44. The first-order valence-corrected chi connectivity index (χ1v) is 19.7. The van der Waals surface area contributed by atoms with Crippen LogP contribution in [0.4, 0.5) is 25.8 Å². The summed E-state index contributed by atoms with van der Waals surface area (Å²) in [4.78, 5) is 2.36. The molecule has 8 aromatic rings. The molecule has 0 aliphatic heterocycles. The zero-order valence-electron chi connectivity index (χ0n) is 31.3. The van der Waals surface area contributed by atoms with Gasteiger partial charge in [0.2, 0.25) is 0 Å². The molecule has 0 heterocycles. The molecule has 0 radical (unpaired) electrons. The molecule has 3 heteroatoms. The summed E-state index contributed by atoms with van der Waals surface area (Å²) >= 11 is 0. The van der Waals surface area contributed by atoms with Crippen LogP contribution < -0.4 is 4.90 Å². The van der Waals surface area contributed by atoms with E-state index in [-0.39, 0.29) is 23.5 Å². The summed E-state index contributed by atoms with van der Waals surface area (Å²) in [5.41, 5.74) is 11.9. The Bertz CT molecular complexity index is 2950. The highest BCUT2D eigenvalue weighted by atomic mass is 19.1. The van der Waals surface area contributed by atoms with Crippen LogP contribution in [0.3, 0.4) is 0 Å². The average molecular weight is 738 g/mol. The molecule has 11 rings (SSSR count). The average Bonchev–Trinajstić information content (AvgIpc) is 3.73. The van der Waals surface area contributed by atoms with E-state index < -0.39 is 5.41 Å². The molecule has 1 nitrogen and oxygen atoms in total. The van der Waals surface area contributed by atoms with Gasteiger partial charge in [-0.1, -0.05) is 159 Å². The van der Waals surface area contributed by atoms with Gasteiger partial charge in [0.15, 0.2) is 0 Å². The van der Waals surface area contributed by atoms with Crippen molar-refractivity contribution in [2.75, 3.05) is 4.90 Å². The van der Waals surface area contributed by atoms with Crippen LogP contribution >= 0.6 is 0 Å². The quantitative estimate of drug-likeness (QED) is 0.170. The van der Waals surface area contributed by atoms with Crippen LogP contribution in [0.15, 0.2) is 200 Å². The molecule has 0 aromatic heterocycles. The maximum atomic E-state index is 17.1. The third-order valence-corrected chi connectivity index (χ3v) is 12.5. The lowest BCUT2D eigenvalue weighted by atomic mass is 9.61. The fourth-order valence-corrected chi connectivity index (χ4v) is 10.3. The van der Waals surface area contributed by atoms with Crippen molar-refractivity contribution in [3.05, 3.63) is 239 Å². The Labute approximate surface area is 331 Å². The minimum atomic E-state index is -1.19. The molecule has 3 aliphatic rings. The zero-order valence-corrected chi connectivity index (χ0v) is 31.3. The largest absolute Gasteiger partial charge is 0.310 e. The fraction of sp³-hybridized carbons (Fsp3) is 0.0741. The van der Waals surface area contributed by atoms with Crippen molar-refractivity contribution in [3.63, 3.8) is 0 Å². The standard InChI is InChI=1S/C54H37F2N/c1-34-26-32-44-43-22-13-25-47(56)52(43)54(45-23-11-10-20-41(45)42-21-12-24-46(55)51(42)54)53(44)49(34)50-40-19-9-8-16-37(40)29-33-48(50)57(38-17-6-3-7-18-38)39-30-27-36(28-31-39)35-14-4-2-5-15-35/h2-34,49H,1H3. The summed E-state index contributed by atoms with van der Waals surface area (Å²) in [5, 5.41) is 2.23. The minimum absolute atomic E-state index is 0.0244. The van der Waals surface area contributed by atoms with Crippen molar-refractivity contribution < 1.29 is 8.78 Å².